The molecule has 1 aliphatic rings. The van der Waals surface area contributed by atoms with E-state index in [9.17, 15) is 9.59 Å². The van der Waals surface area contributed by atoms with Gasteiger partial charge < -0.3 is 15.8 Å². The Hall–Kier alpha value is -1.10. The van der Waals surface area contributed by atoms with Gasteiger partial charge in [0.05, 0.1) is 19.4 Å². The van der Waals surface area contributed by atoms with Gasteiger partial charge in [-0.05, 0) is 6.42 Å². The lowest BCUT2D eigenvalue weighted by molar-refractivity contribution is -0.140. The predicted octanol–water partition coefficient (Wildman–Crippen LogP) is -0.987. The lowest BCUT2D eigenvalue weighted by Crippen LogP contribution is -2.29. The number of carbonyl (C=O) groups excluding carboxylic acids is 2. The van der Waals surface area contributed by atoms with Crippen molar-refractivity contribution in [2.75, 3.05) is 13.7 Å². The smallest absolute Gasteiger partial charge is 0.307 e. The van der Waals surface area contributed by atoms with Gasteiger partial charge in [0.15, 0.2) is 0 Å². The zero-order valence-electron chi connectivity index (χ0n) is 7.58. The van der Waals surface area contributed by atoms with Crippen LogP contribution in [0.15, 0.2) is 0 Å². The number of rotatable bonds is 4. The molecule has 1 saturated carbocycles. The largest absolute Gasteiger partial charge is 0.469 e. The van der Waals surface area contributed by atoms with Gasteiger partial charge in [0, 0.05) is 12.6 Å². The Morgan fingerprint density at radius 2 is 2.23 bits per heavy atom. The minimum atomic E-state index is -0.319. The molecule has 0 aliphatic heterocycles. The third kappa shape index (κ3) is 3.02. The van der Waals surface area contributed by atoms with Crippen molar-refractivity contribution >= 4 is 11.9 Å². The predicted molar refractivity (Wildman–Crippen MR) is 45.7 cm³/mol. The van der Waals surface area contributed by atoms with Crippen LogP contribution in [0.3, 0.4) is 0 Å². The summed E-state index contributed by atoms with van der Waals surface area (Å²) in [4.78, 5) is 21.8. The number of ether oxygens (including phenoxy) is 1. The van der Waals surface area contributed by atoms with Crippen molar-refractivity contribution in [3.63, 3.8) is 0 Å². The van der Waals surface area contributed by atoms with Crippen LogP contribution in [0, 0.1) is 5.92 Å². The molecule has 2 atom stereocenters. The van der Waals surface area contributed by atoms with E-state index in [0.717, 1.165) is 6.42 Å². The van der Waals surface area contributed by atoms with Crippen LogP contribution >= 0.6 is 0 Å². The highest BCUT2D eigenvalue weighted by atomic mass is 16.5. The zero-order chi connectivity index (χ0) is 9.84. The van der Waals surface area contributed by atoms with Crippen molar-refractivity contribution in [2.45, 2.75) is 18.9 Å². The highest BCUT2D eigenvalue weighted by Gasteiger charge is 2.39. The maximum Gasteiger partial charge on any atom is 0.307 e. The lowest BCUT2D eigenvalue weighted by atomic mass is 10.3. The average molecular weight is 186 g/mol. The van der Waals surface area contributed by atoms with Crippen molar-refractivity contribution in [1.82, 2.24) is 5.32 Å². The summed E-state index contributed by atoms with van der Waals surface area (Å²) in [6, 6.07) is 0.0122. The van der Waals surface area contributed by atoms with Gasteiger partial charge in [-0.3, -0.25) is 9.59 Å². The number of amides is 1. The van der Waals surface area contributed by atoms with E-state index in [1.54, 1.807) is 0 Å². The standard InChI is InChI=1S/C8H14N2O3/c1-13-7(11)2-3-10-8(12)5-4-6(5)9/h5-6H,2-4,9H2,1H3,(H,10,12). The second-order valence-electron chi connectivity index (χ2n) is 3.12. The van der Waals surface area contributed by atoms with E-state index in [-0.39, 0.29) is 30.3 Å². The number of carbonyl (C=O) groups is 2. The first-order valence-corrected chi connectivity index (χ1v) is 4.25. The summed E-state index contributed by atoms with van der Waals surface area (Å²) in [5.41, 5.74) is 5.47. The topological polar surface area (TPSA) is 81.4 Å². The molecule has 5 heteroatoms. The van der Waals surface area contributed by atoms with Gasteiger partial charge in [-0.15, -0.1) is 0 Å². The first-order valence-electron chi connectivity index (χ1n) is 4.25. The third-order valence-corrected chi connectivity index (χ3v) is 2.03. The van der Waals surface area contributed by atoms with Gasteiger partial charge in [-0.1, -0.05) is 0 Å². The van der Waals surface area contributed by atoms with Crippen LogP contribution in [0.5, 0.6) is 0 Å². The Kier molecular flexibility index (Phi) is 3.25. The van der Waals surface area contributed by atoms with Crippen LogP contribution in [0.1, 0.15) is 12.8 Å². The molecule has 0 aromatic rings. The number of esters is 1. The fourth-order valence-corrected chi connectivity index (χ4v) is 1.04. The monoisotopic (exact) mass is 186 g/mol. The Morgan fingerprint density at radius 3 is 2.69 bits per heavy atom. The lowest BCUT2D eigenvalue weighted by Gasteiger charge is -2.02. The number of hydrogen-bond acceptors (Lipinski definition) is 4. The zero-order valence-corrected chi connectivity index (χ0v) is 7.58. The maximum atomic E-state index is 11.1. The Balaban J connectivity index is 2.06. The van der Waals surface area contributed by atoms with Gasteiger partial charge in [-0.25, -0.2) is 0 Å². The van der Waals surface area contributed by atoms with Crippen molar-refractivity contribution in [1.29, 1.82) is 0 Å². The summed E-state index contributed by atoms with van der Waals surface area (Å²) >= 11 is 0. The molecule has 74 valence electrons. The van der Waals surface area contributed by atoms with Crippen molar-refractivity contribution < 1.29 is 14.3 Å². The number of nitrogens with two attached hydrogens (primary N) is 1. The van der Waals surface area contributed by atoms with Crippen LogP contribution in [0.2, 0.25) is 0 Å². The number of hydrogen-bond donors (Lipinski definition) is 2. The minimum Gasteiger partial charge on any atom is -0.469 e. The highest BCUT2D eigenvalue weighted by Crippen LogP contribution is 2.27. The summed E-state index contributed by atoms with van der Waals surface area (Å²) in [7, 11) is 1.32. The molecule has 1 aliphatic carbocycles. The van der Waals surface area contributed by atoms with Crippen molar-refractivity contribution in [2.24, 2.45) is 11.7 Å². The third-order valence-electron chi connectivity index (χ3n) is 2.03. The molecule has 1 rings (SSSR count). The van der Waals surface area contributed by atoms with Crippen LogP contribution in [0.4, 0.5) is 0 Å². The summed E-state index contributed by atoms with van der Waals surface area (Å²) < 4.78 is 4.41. The quantitative estimate of drug-likeness (QED) is 0.552. The van der Waals surface area contributed by atoms with Crippen LogP contribution in [-0.4, -0.2) is 31.6 Å². The number of nitrogens with one attached hydrogen (secondary N) is 1. The molecule has 3 N–H and O–H groups in total. The molecule has 0 radical (unpaired) electrons. The van der Waals surface area contributed by atoms with Gasteiger partial charge in [0.1, 0.15) is 0 Å². The van der Waals surface area contributed by atoms with E-state index in [1.165, 1.54) is 7.11 Å². The Labute approximate surface area is 76.6 Å². The Morgan fingerprint density at radius 1 is 1.62 bits per heavy atom. The summed E-state index contributed by atoms with van der Waals surface area (Å²) in [5.74, 6) is -0.422. The van der Waals surface area contributed by atoms with E-state index >= 15 is 0 Å². The molecule has 0 spiro atoms. The second kappa shape index (κ2) is 4.23. The molecular weight excluding hydrogens is 172 g/mol. The fourth-order valence-electron chi connectivity index (χ4n) is 1.04. The molecule has 13 heavy (non-hydrogen) atoms. The normalized spacial score (nSPS) is 25.1. The average Bonchev–Trinajstić information content (AvgIpc) is 2.82. The van der Waals surface area contributed by atoms with Crippen LogP contribution < -0.4 is 11.1 Å². The molecule has 5 nitrogen and oxygen atoms in total. The Bertz CT molecular complexity index is 217. The van der Waals surface area contributed by atoms with Gasteiger partial charge in [0.2, 0.25) is 5.91 Å². The van der Waals surface area contributed by atoms with Gasteiger partial charge in [0.25, 0.3) is 0 Å². The van der Waals surface area contributed by atoms with Gasteiger partial charge in [-0.2, -0.15) is 0 Å². The summed E-state index contributed by atoms with van der Waals surface area (Å²) in [6.07, 6.45) is 0.967. The van der Waals surface area contributed by atoms with E-state index in [2.05, 4.69) is 10.1 Å². The molecular formula is C8H14N2O3. The molecule has 2 unspecified atom stereocenters. The molecule has 0 heterocycles. The molecule has 0 saturated heterocycles. The number of methoxy groups -OCH3 is 1. The summed E-state index contributed by atoms with van der Waals surface area (Å²) in [5, 5.41) is 2.62. The summed E-state index contributed by atoms with van der Waals surface area (Å²) in [6.45, 7) is 0.328. The van der Waals surface area contributed by atoms with Crippen LogP contribution in [0.25, 0.3) is 0 Å². The second-order valence-corrected chi connectivity index (χ2v) is 3.12. The molecule has 0 aromatic heterocycles. The van der Waals surface area contributed by atoms with Crippen LogP contribution in [-0.2, 0) is 14.3 Å². The SMILES string of the molecule is COC(=O)CCNC(=O)C1CC1N. The van der Waals surface area contributed by atoms with Gasteiger partial charge >= 0.3 is 5.97 Å². The molecule has 0 aromatic carbocycles. The highest BCUT2D eigenvalue weighted by molar-refractivity contribution is 5.82. The molecule has 1 amide bonds. The first kappa shape index (κ1) is 9.98. The molecule has 1 fully saturated rings. The fraction of sp³-hybridized carbons (Fsp3) is 0.750. The van der Waals surface area contributed by atoms with Crippen molar-refractivity contribution in [3.05, 3.63) is 0 Å². The van der Waals surface area contributed by atoms with E-state index in [4.69, 9.17) is 5.73 Å². The van der Waals surface area contributed by atoms with E-state index in [1.807, 2.05) is 0 Å². The van der Waals surface area contributed by atoms with Crippen molar-refractivity contribution in [3.8, 4) is 0 Å². The maximum absolute atomic E-state index is 11.1. The van der Waals surface area contributed by atoms with E-state index in [0.29, 0.717) is 6.54 Å². The minimum absolute atomic E-state index is 0.0122. The van der Waals surface area contributed by atoms with E-state index < -0.39 is 0 Å². The molecule has 0 bridgehead atoms. The first-order chi connectivity index (χ1) is 6.15.